The summed E-state index contributed by atoms with van der Waals surface area (Å²) in [6, 6.07) is 0. The molecule has 0 atom stereocenters. The van der Waals surface area contributed by atoms with E-state index in [0.29, 0.717) is 0 Å². The van der Waals surface area contributed by atoms with E-state index in [1.165, 1.54) is 19.4 Å². The Morgan fingerprint density at radius 3 is 3.11 bits per heavy atom. The van der Waals surface area contributed by atoms with Gasteiger partial charge in [-0.15, -0.1) is 6.42 Å². The van der Waals surface area contributed by atoms with E-state index in [9.17, 15) is 0 Å². The van der Waals surface area contributed by atoms with Crippen LogP contribution < -0.4 is 0 Å². The first-order valence-corrected chi connectivity index (χ1v) is 3.41. The van der Waals surface area contributed by atoms with Crippen LogP contribution in [0.5, 0.6) is 0 Å². The molecule has 0 saturated carbocycles. The third-order valence-corrected chi connectivity index (χ3v) is 1.58. The second-order valence-corrected chi connectivity index (χ2v) is 2.37. The van der Waals surface area contributed by atoms with Gasteiger partial charge in [-0.3, -0.25) is 4.90 Å². The quantitative estimate of drug-likeness (QED) is 0.467. The standard InChI is InChI=1S/C8H12N/c1-2-6-9-7-4-3-5-8-9/h1,4H,3,5-8H2. The molecule has 1 saturated heterocycles. The molecule has 0 aromatic rings. The van der Waals surface area contributed by atoms with Gasteiger partial charge in [0.2, 0.25) is 0 Å². The Morgan fingerprint density at radius 1 is 1.67 bits per heavy atom. The fourth-order valence-electron chi connectivity index (χ4n) is 1.10. The smallest absolute Gasteiger partial charge is 0.0599 e. The van der Waals surface area contributed by atoms with Gasteiger partial charge in [0.1, 0.15) is 0 Å². The highest BCUT2D eigenvalue weighted by atomic mass is 15.1. The van der Waals surface area contributed by atoms with Crippen LogP contribution in [0.3, 0.4) is 0 Å². The van der Waals surface area contributed by atoms with Crippen LogP contribution in [-0.2, 0) is 0 Å². The van der Waals surface area contributed by atoms with Gasteiger partial charge in [0.15, 0.2) is 0 Å². The van der Waals surface area contributed by atoms with Gasteiger partial charge in [0.25, 0.3) is 0 Å². The third-order valence-electron chi connectivity index (χ3n) is 1.58. The fraction of sp³-hybridized carbons (Fsp3) is 0.625. The van der Waals surface area contributed by atoms with Crippen molar-refractivity contribution >= 4 is 0 Å². The first kappa shape index (κ1) is 6.64. The molecule has 1 fully saturated rings. The molecular weight excluding hydrogens is 110 g/mol. The van der Waals surface area contributed by atoms with Gasteiger partial charge < -0.3 is 0 Å². The van der Waals surface area contributed by atoms with Crippen molar-refractivity contribution in [2.75, 3.05) is 19.6 Å². The summed E-state index contributed by atoms with van der Waals surface area (Å²) >= 11 is 0. The van der Waals surface area contributed by atoms with Crippen molar-refractivity contribution in [1.82, 2.24) is 4.90 Å². The van der Waals surface area contributed by atoms with Crippen molar-refractivity contribution in [3.8, 4) is 12.3 Å². The SMILES string of the molecule is C#CCN1C[CH]CCC1. The van der Waals surface area contributed by atoms with Crippen LogP contribution in [0, 0.1) is 18.8 Å². The van der Waals surface area contributed by atoms with E-state index in [1.54, 1.807) is 0 Å². The summed E-state index contributed by atoms with van der Waals surface area (Å²) in [7, 11) is 0. The van der Waals surface area contributed by atoms with Crippen molar-refractivity contribution in [3.05, 3.63) is 6.42 Å². The normalized spacial score (nSPS) is 21.2. The van der Waals surface area contributed by atoms with Crippen LogP contribution >= 0.6 is 0 Å². The Morgan fingerprint density at radius 2 is 2.56 bits per heavy atom. The van der Waals surface area contributed by atoms with E-state index in [4.69, 9.17) is 6.42 Å². The number of rotatable bonds is 1. The van der Waals surface area contributed by atoms with Crippen LogP contribution in [0.1, 0.15) is 12.8 Å². The van der Waals surface area contributed by atoms with Crippen LogP contribution in [0.2, 0.25) is 0 Å². The molecule has 1 aliphatic heterocycles. The molecule has 0 aliphatic carbocycles. The van der Waals surface area contributed by atoms with Gasteiger partial charge in [0.05, 0.1) is 6.54 Å². The monoisotopic (exact) mass is 122 g/mol. The zero-order valence-corrected chi connectivity index (χ0v) is 5.64. The van der Waals surface area contributed by atoms with Gasteiger partial charge >= 0.3 is 0 Å². The molecule has 0 bridgehead atoms. The van der Waals surface area contributed by atoms with Crippen LogP contribution in [-0.4, -0.2) is 24.5 Å². The van der Waals surface area contributed by atoms with Gasteiger partial charge in [-0.1, -0.05) is 5.92 Å². The predicted octanol–water partition coefficient (Wildman–Crippen LogP) is 0.920. The van der Waals surface area contributed by atoms with Gasteiger partial charge in [0, 0.05) is 6.54 Å². The predicted molar refractivity (Wildman–Crippen MR) is 38.8 cm³/mol. The molecule has 0 aromatic heterocycles. The van der Waals surface area contributed by atoms with E-state index in [2.05, 4.69) is 17.2 Å². The van der Waals surface area contributed by atoms with Crippen molar-refractivity contribution < 1.29 is 0 Å². The highest BCUT2D eigenvalue weighted by Gasteiger charge is 2.07. The minimum atomic E-state index is 0.816. The van der Waals surface area contributed by atoms with Gasteiger partial charge in [-0.2, -0.15) is 0 Å². The Kier molecular flexibility index (Phi) is 2.60. The minimum Gasteiger partial charge on any atom is -0.292 e. The van der Waals surface area contributed by atoms with Crippen molar-refractivity contribution in [2.24, 2.45) is 0 Å². The molecule has 1 radical (unpaired) electrons. The Hall–Kier alpha value is -0.480. The van der Waals surface area contributed by atoms with Crippen LogP contribution in [0.4, 0.5) is 0 Å². The molecule has 1 aliphatic rings. The number of likely N-dealkylation sites (tertiary alicyclic amines) is 1. The number of piperidine rings is 1. The summed E-state index contributed by atoms with van der Waals surface area (Å²) in [6.45, 7) is 3.08. The molecule has 0 amide bonds. The maximum Gasteiger partial charge on any atom is 0.0599 e. The van der Waals surface area contributed by atoms with E-state index in [-0.39, 0.29) is 0 Å². The summed E-state index contributed by atoms with van der Waals surface area (Å²) in [5.74, 6) is 2.64. The van der Waals surface area contributed by atoms with Crippen LogP contribution in [0.15, 0.2) is 0 Å². The number of nitrogens with zero attached hydrogens (tertiary/aromatic N) is 1. The topological polar surface area (TPSA) is 3.24 Å². The van der Waals surface area contributed by atoms with Gasteiger partial charge in [-0.05, 0) is 25.8 Å². The molecule has 1 heterocycles. The second kappa shape index (κ2) is 3.53. The largest absolute Gasteiger partial charge is 0.292 e. The molecule has 0 unspecified atom stereocenters. The Bertz CT molecular complexity index is 106. The third kappa shape index (κ3) is 2.07. The average Bonchev–Trinajstić information content (AvgIpc) is 1.91. The molecule has 49 valence electrons. The second-order valence-electron chi connectivity index (χ2n) is 2.37. The average molecular weight is 122 g/mol. The maximum absolute atomic E-state index is 5.15. The zero-order chi connectivity index (χ0) is 6.53. The lowest BCUT2D eigenvalue weighted by molar-refractivity contribution is 0.294. The molecule has 1 rings (SSSR count). The lowest BCUT2D eigenvalue weighted by Crippen LogP contribution is -2.30. The molecule has 0 N–H and O–H groups in total. The summed E-state index contributed by atoms with van der Waals surface area (Å²) in [4.78, 5) is 2.28. The summed E-state index contributed by atoms with van der Waals surface area (Å²) in [5, 5.41) is 0. The van der Waals surface area contributed by atoms with Crippen LogP contribution in [0.25, 0.3) is 0 Å². The Labute approximate surface area is 57.0 Å². The first-order valence-electron chi connectivity index (χ1n) is 3.41. The summed E-state index contributed by atoms with van der Waals surface area (Å²) < 4.78 is 0. The molecule has 1 nitrogen and oxygen atoms in total. The van der Waals surface area contributed by atoms with Crippen molar-refractivity contribution in [1.29, 1.82) is 0 Å². The van der Waals surface area contributed by atoms with Gasteiger partial charge in [-0.25, -0.2) is 0 Å². The number of terminal acetylenes is 1. The highest BCUT2D eigenvalue weighted by Crippen LogP contribution is 2.05. The number of hydrogen-bond donors (Lipinski definition) is 0. The van der Waals surface area contributed by atoms with E-state index < -0.39 is 0 Å². The molecule has 0 aromatic carbocycles. The van der Waals surface area contributed by atoms with Crippen molar-refractivity contribution in [3.63, 3.8) is 0 Å². The zero-order valence-electron chi connectivity index (χ0n) is 5.64. The maximum atomic E-state index is 5.15. The summed E-state index contributed by atoms with van der Waals surface area (Å²) in [6.07, 6.45) is 9.99. The summed E-state index contributed by atoms with van der Waals surface area (Å²) in [5.41, 5.74) is 0. The lowest BCUT2D eigenvalue weighted by Gasteiger charge is -2.23. The van der Waals surface area contributed by atoms with E-state index in [1.807, 2.05) is 0 Å². The number of hydrogen-bond acceptors (Lipinski definition) is 1. The molecule has 9 heavy (non-hydrogen) atoms. The molecule has 1 heteroatoms. The van der Waals surface area contributed by atoms with E-state index in [0.717, 1.165) is 13.1 Å². The van der Waals surface area contributed by atoms with Crippen molar-refractivity contribution in [2.45, 2.75) is 12.8 Å². The lowest BCUT2D eigenvalue weighted by atomic mass is 10.1. The molecular formula is C8H12N. The first-order chi connectivity index (χ1) is 4.43. The van der Waals surface area contributed by atoms with E-state index >= 15 is 0 Å². The molecule has 0 spiro atoms. The minimum absolute atomic E-state index is 0.816. The Balaban J connectivity index is 2.17. The highest BCUT2D eigenvalue weighted by molar-refractivity contribution is 4.91. The fourth-order valence-corrected chi connectivity index (χ4v) is 1.10.